The third-order valence-electron chi connectivity index (χ3n) is 7.22. The molecule has 0 radical (unpaired) electrons. The predicted octanol–water partition coefficient (Wildman–Crippen LogP) is 1.34. The molecule has 4 aliphatic heterocycles. The Morgan fingerprint density at radius 3 is 2.71 bits per heavy atom. The Morgan fingerprint density at radius 1 is 1.11 bits per heavy atom. The highest BCUT2D eigenvalue weighted by Gasteiger charge is 2.70. The molecule has 10 nitrogen and oxygen atoms in total. The molecule has 0 aromatic heterocycles. The van der Waals surface area contributed by atoms with Crippen molar-refractivity contribution in [2.24, 2.45) is 11.8 Å². The number of nitrogens with zero attached hydrogens (tertiary/aromatic N) is 1. The number of imide groups is 1. The first-order valence-corrected chi connectivity index (χ1v) is 11.1. The summed E-state index contributed by atoms with van der Waals surface area (Å²) in [6.07, 6.45) is -0.245. The van der Waals surface area contributed by atoms with Crippen LogP contribution in [0.25, 0.3) is 0 Å². The average molecular weight is 481 g/mol. The standard InChI is InChI=1S/C24H20FN3O7/c25-12-2-3-14-13(8-12)24(23(33)26-14)20-19(15(27-24)4-6-18(29)30)21(31)28(22(20)32)9-11-1-5-16-17(7-11)35-10-34-16/h1-3,5,7-8,15,19-20,27H,4,6,9-10H2,(H,26,33)(H,29,30)/t15-,19+,20-,24-/m0/s1. The van der Waals surface area contributed by atoms with Gasteiger partial charge in [-0.05, 0) is 42.3 Å². The number of carbonyl (C=O) groups excluding carboxylic acids is 3. The number of halogens is 1. The third-order valence-corrected chi connectivity index (χ3v) is 7.22. The Morgan fingerprint density at radius 2 is 1.91 bits per heavy atom. The second kappa shape index (κ2) is 7.51. The van der Waals surface area contributed by atoms with Crippen molar-refractivity contribution in [2.75, 3.05) is 12.1 Å². The zero-order chi connectivity index (χ0) is 24.5. The lowest BCUT2D eigenvalue weighted by atomic mass is 9.76. The van der Waals surface area contributed by atoms with Crippen molar-refractivity contribution < 1.29 is 38.1 Å². The molecule has 0 bridgehead atoms. The summed E-state index contributed by atoms with van der Waals surface area (Å²) in [5, 5.41) is 15.0. The van der Waals surface area contributed by atoms with Crippen LogP contribution in [0.1, 0.15) is 24.0 Å². The summed E-state index contributed by atoms with van der Waals surface area (Å²) in [6.45, 7) is 0.0235. The van der Waals surface area contributed by atoms with Gasteiger partial charge in [-0.1, -0.05) is 6.07 Å². The van der Waals surface area contributed by atoms with Crippen molar-refractivity contribution in [3.8, 4) is 11.5 Å². The highest BCUT2D eigenvalue weighted by molar-refractivity contribution is 6.15. The van der Waals surface area contributed by atoms with E-state index in [0.29, 0.717) is 22.7 Å². The number of hydrogen-bond donors (Lipinski definition) is 3. The number of anilines is 1. The van der Waals surface area contributed by atoms with Gasteiger partial charge in [0.15, 0.2) is 11.5 Å². The van der Waals surface area contributed by atoms with Crippen molar-refractivity contribution in [1.29, 1.82) is 0 Å². The highest BCUT2D eigenvalue weighted by Crippen LogP contribution is 2.53. The van der Waals surface area contributed by atoms with E-state index in [2.05, 4.69) is 10.6 Å². The summed E-state index contributed by atoms with van der Waals surface area (Å²) < 4.78 is 24.9. The zero-order valence-electron chi connectivity index (χ0n) is 18.2. The number of likely N-dealkylation sites (tertiary alicyclic amines) is 1. The van der Waals surface area contributed by atoms with E-state index in [1.807, 2.05) is 0 Å². The number of carboxylic acid groups (broad SMARTS) is 1. The predicted molar refractivity (Wildman–Crippen MR) is 116 cm³/mol. The molecule has 11 heteroatoms. The van der Waals surface area contributed by atoms with Gasteiger partial charge in [0.2, 0.25) is 24.5 Å². The van der Waals surface area contributed by atoms with Gasteiger partial charge in [-0.3, -0.25) is 29.4 Å². The molecule has 1 spiro atoms. The largest absolute Gasteiger partial charge is 0.481 e. The maximum Gasteiger partial charge on any atom is 0.303 e. The number of aliphatic carboxylic acids is 1. The minimum atomic E-state index is -1.68. The molecule has 180 valence electrons. The summed E-state index contributed by atoms with van der Waals surface area (Å²) in [4.78, 5) is 53.0. The molecule has 4 atom stereocenters. The second-order valence-corrected chi connectivity index (χ2v) is 9.09. The lowest BCUT2D eigenvalue weighted by Crippen LogP contribution is -2.53. The highest BCUT2D eigenvalue weighted by atomic mass is 19.1. The maximum absolute atomic E-state index is 14.2. The molecular weight excluding hydrogens is 461 g/mol. The number of carbonyl (C=O) groups is 4. The van der Waals surface area contributed by atoms with Gasteiger partial charge in [0.05, 0.1) is 18.4 Å². The minimum Gasteiger partial charge on any atom is -0.481 e. The molecule has 2 aromatic rings. The number of ether oxygens (including phenoxy) is 2. The van der Waals surface area contributed by atoms with E-state index in [0.717, 1.165) is 4.90 Å². The molecule has 2 aromatic carbocycles. The third kappa shape index (κ3) is 3.04. The van der Waals surface area contributed by atoms with Crippen LogP contribution in [-0.2, 0) is 31.3 Å². The van der Waals surface area contributed by atoms with E-state index in [1.165, 1.54) is 18.2 Å². The van der Waals surface area contributed by atoms with Gasteiger partial charge in [0, 0.05) is 23.7 Å². The zero-order valence-corrected chi connectivity index (χ0v) is 18.2. The average Bonchev–Trinajstić information content (AvgIpc) is 3.55. The SMILES string of the molecule is O=C(O)CC[C@@H]1N[C@]2(C(=O)Nc3ccc(F)cc32)[C@@H]2C(=O)N(Cc3ccc4c(c3)OCO4)C(=O)[C@H]12. The van der Waals surface area contributed by atoms with Crippen molar-refractivity contribution in [3.63, 3.8) is 0 Å². The summed E-state index contributed by atoms with van der Waals surface area (Å²) in [6, 6.07) is 8.09. The van der Waals surface area contributed by atoms with E-state index in [1.54, 1.807) is 18.2 Å². The van der Waals surface area contributed by atoms with Crippen LogP contribution in [0.4, 0.5) is 10.1 Å². The van der Waals surface area contributed by atoms with Gasteiger partial charge < -0.3 is 19.9 Å². The first-order valence-electron chi connectivity index (χ1n) is 11.1. The Hall–Kier alpha value is -3.99. The van der Waals surface area contributed by atoms with Crippen molar-refractivity contribution in [2.45, 2.75) is 31.0 Å². The van der Waals surface area contributed by atoms with E-state index in [4.69, 9.17) is 9.47 Å². The quantitative estimate of drug-likeness (QED) is 0.545. The maximum atomic E-state index is 14.2. The lowest BCUT2D eigenvalue weighted by Gasteiger charge is -2.29. The van der Waals surface area contributed by atoms with Crippen molar-refractivity contribution >= 4 is 29.4 Å². The summed E-state index contributed by atoms with van der Waals surface area (Å²) >= 11 is 0. The molecule has 2 fully saturated rings. The summed E-state index contributed by atoms with van der Waals surface area (Å²) in [7, 11) is 0. The van der Waals surface area contributed by atoms with Crippen LogP contribution < -0.4 is 20.1 Å². The lowest BCUT2D eigenvalue weighted by molar-refractivity contribution is -0.144. The number of carboxylic acids is 1. The van der Waals surface area contributed by atoms with Gasteiger partial charge in [0.1, 0.15) is 11.4 Å². The molecule has 3 N–H and O–H groups in total. The topological polar surface area (TPSA) is 134 Å². The minimum absolute atomic E-state index is 0.0209. The molecule has 0 aliphatic carbocycles. The van der Waals surface area contributed by atoms with E-state index >= 15 is 0 Å². The van der Waals surface area contributed by atoms with Gasteiger partial charge in [-0.2, -0.15) is 0 Å². The fourth-order valence-electron chi connectivity index (χ4n) is 5.74. The van der Waals surface area contributed by atoms with Crippen LogP contribution in [0, 0.1) is 17.7 Å². The van der Waals surface area contributed by atoms with Crippen LogP contribution in [0.3, 0.4) is 0 Å². The van der Waals surface area contributed by atoms with Gasteiger partial charge in [-0.25, -0.2) is 4.39 Å². The summed E-state index contributed by atoms with van der Waals surface area (Å²) in [5.74, 6) is -4.38. The normalized spacial score (nSPS) is 28.0. The Balaban J connectivity index is 1.40. The number of nitrogens with one attached hydrogen (secondary N) is 2. The number of hydrogen-bond acceptors (Lipinski definition) is 7. The van der Waals surface area contributed by atoms with Crippen LogP contribution in [-0.4, -0.2) is 46.5 Å². The molecular formula is C24H20FN3O7. The fourth-order valence-corrected chi connectivity index (χ4v) is 5.74. The molecule has 2 saturated heterocycles. The van der Waals surface area contributed by atoms with Gasteiger partial charge in [-0.15, -0.1) is 0 Å². The van der Waals surface area contributed by atoms with E-state index in [-0.39, 0.29) is 31.7 Å². The Kier molecular flexibility index (Phi) is 4.62. The van der Waals surface area contributed by atoms with Crippen molar-refractivity contribution in [3.05, 3.63) is 53.3 Å². The van der Waals surface area contributed by atoms with E-state index < -0.39 is 52.9 Å². The number of amides is 3. The Bertz CT molecular complexity index is 1310. The fraction of sp³-hybridized carbons (Fsp3) is 0.333. The number of fused-ring (bicyclic) bond motifs is 5. The van der Waals surface area contributed by atoms with Crippen molar-refractivity contribution in [1.82, 2.24) is 10.2 Å². The molecule has 4 aliphatic rings. The van der Waals surface area contributed by atoms with Crippen LogP contribution in [0.15, 0.2) is 36.4 Å². The first-order chi connectivity index (χ1) is 16.8. The summed E-state index contributed by atoms with van der Waals surface area (Å²) in [5.41, 5.74) is -0.471. The van der Waals surface area contributed by atoms with E-state index in [9.17, 15) is 28.7 Å². The van der Waals surface area contributed by atoms with Crippen LogP contribution in [0.5, 0.6) is 11.5 Å². The molecule has 4 heterocycles. The monoisotopic (exact) mass is 481 g/mol. The van der Waals surface area contributed by atoms with Crippen LogP contribution >= 0.6 is 0 Å². The Labute approximate surface area is 198 Å². The molecule has 3 amide bonds. The van der Waals surface area contributed by atoms with Crippen LogP contribution in [0.2, 0.25) is 0 Å². The number of benzene rings is 2. The number of rotatable bonds is 5. The molecule has 0 saturated carbocycles. The second-order valence-electron chi connectivity index (χ2n) is 9.09. The molecule has 35 heavy (non-hydrogen) atoms. The smallest absolute Gasteiger partial charge is 0.303 e. The molecule has 6 rings (SSSR count). The molecule has 0 unspecified atom stereocenters. The van der Waals surface area contributed by atoms with Gasteiger partial charge in [0.25, 0.3) is 0 Å². The first kappa shape index (κ1) is 21.5. The van der Waals surface area contributed by atoms with Gasteiger partial charge >= 0.3 is 5.97 Å².